The Bertz CT molecular complexity index is 2370. The quantitative estimate of drug-likeness (QED) is 0.0271. The van der Waals surface area contributed by atoms with Gasteiger partial charge in [-0.2, -0.15) is 0 Å². The zero-order chi connectivity index (χ0) is 58.4. The second kappa shape index (κ2) is 40.1. The number of aryl methyl sites for hydroxylation is 4. The molecule has 5 rings (SSSR count). The van der Waals surface area contributed by atoms with Crippen LogP contribution < -0.4 is 14.2 Å². The normalized spacial score (nSPS) is 12.6. The van der Waals surface area contributed by atoms with E-state index in [0.717, 1.165) is 54.1 Å². The number of aliphatic hydroxyl groups excluding tert-OH is 3. The van der Waals surface area contributed by atoms with Gasteiger partial charge in [0.25, 0.3) is 0 Å². The number of carbonyl (C=O) groups excluding carboxylic acids is 4. The Balaban J connectivity index is 0.00000107. The maximum Gasteiger partial charge on any atom is 1.00 e. The lowest BCUT2D eigenvalue weighted by Gasteiger charge is -2.22. The highest BCUT2D eigenvalue weighted by Crippen LogP contribution is 2.23. The Labute approximate surface area is 459 Å². The van der Waals surface area contributed by atoms with Crippen LogP contribution in [-0.4, -0.2) is 195 Å². The van der Waals surface area contributed by atoms with Crippen molar-refractivity contribution in [3.63, 3.8) is 0 Å². The fourth-order valence-electron chi connectivity index (χ4n) is 6.86. The Kier molecular flexibility index (Phi) is 35.4. The number of carbonyl (C=O) groups is 6. The lowest BCUT2D eigenvalue weighted by Crippen LogP contribution is -2.35. The largest absolute Gasteiger partial charge is 1.00 e. The van der Waals surface area contributed by atoms with Gasteiger partial charge in [-0.25, -0.2) is 0 Å². The van der Waals surface area contributed by atoms with Gasteiger partial charge in [0.1, 0.15) is 41.8 Å². The highest BCUT2D eigenvalue weighted by atomic mass is 16.6. The maximum absolute atomic E-state index is 12.0. The average molecular weight is 1100 g/mol. The number of rotatable bonds is 27. The van der Waals surface area contributed by atoms with Crippen LogP contribution in [0.5, 0.6) is 23.0 Å². The van der Waals surface area contributed by atoms with Crippen LogP contribution in [0.2, 0.25) is 0 Å². The number of phenolic OH excluding ortho intramolecular Hbond substituents is 1. The molecule has 0 bridgehead atoms. The van der Waals surface area contributed by atoms with Gasteiger partial charge < -0.3 is 73.8 Å². The predicted molar refractivity (Wildman–Crippen MR) is 292 cm³/mol. The van der Waals surface area contributed by atoms with E-state index < -0.39 is 54.1 Å². The molecule has 1 aliphatic rings. The number of ether oxygens (including phenoxy) is 6. The fraction of sp³-hybridized carbons (Fsp3) is 0.474. The van der Waals surface area contributed by atoms with Crippen LogP contribution in [0.25, 0.3) is 0 Å². The van der Waals surface area contributed by atoms with E-state index in [4.69, 9.17) is 49.2 Å². The number of methoxy groups -OCH3 is 2. The summed E-state index contributed by atoms with van der Waals surface area (Å²) in [7, 11) is 14.3. The molecule has 0 amide bonds. The molecule has 4 aromatic rings. The molecule has 1 aliphatic heterocycles. The molecule has 21 heteroatoms. The molecule has 432 valence electrons. The second-order valence-corrected chi connectivity index (χ2v) is 18.4. The number of carboxylic acid groups (broad SMARTS) is 2. The van der Waals surface area contributed by atoms with Crippen LogP contribution in [-0.2, 0) is 68.7 Å². The molecule has 0 unspecified atom stereocenters. The molecule has 0 aliphatic carbocycles. The van der Waals surface area contributed by atoms with Crippen molar-refractivity contribution in [3.05, 3.63) is 119 Å². The Morgan fingerprint density at radius 3 is 1.44 bits per heavy atom. The van der Waals surface area contributed by atoms with Gasteiger partial charge in [0, 0.05) is 19.6 Å². The first kappa shape index (κ1) is 68.9. The van der Waals surface area contributed by atoms with Crippen molar-refractivity contribution < 1.29 is 89.3 Å². The van der Waals surface area contributed by atoms with Gasteiger partial charge in [0.2, 0.25) is 0 Å². The summed E-state index contributed by atoms with van der Waals surface area (Å²) in [5.41, 5.74) is 4.43. The number of aliphatic carboxylic acids is 2. The van der Waals surface area contributed by atoms with Crippen molar-refractivity contribution in [2.24, 2.45) is 0 Å². The Hall–Kier alpha value is -7.14. The van der Waals surface area contributed by atoms with E-state index in [0.29, 0.717) is 25.4 Å². The second-order valence-electron chi connectivity index (χ2n) is 18.4. The number of carboxylic acids is 2. The van der Waals surface area contributed by atoms with Crippen LogP contribution in [0.1, 0.15) is 62.2 Å². The molecular weight excluding hydrogens is 1010 g/mol. The van der Waals surface area contributed by atoms with Gasteiger partial charge in [0.05, 0.1) is 72.1 Å². The highest BCUT2D eigenvalue weighted by Gasteiger charge is 2.20. The standard InChI is InChI=1S/C24H31NO6.C15H16O2.C9H17NO5.C5H13NO2.C4H4O3/c1-25(2)16-21(31-24(28)14-13-23(26)27)17-30-22-10-5-4-8-19(22)12-11-18-7-6-9-20(15-18)29-3;1-17-14-7-4-5-12(11-14)9-10-13-6-2-3-8-15(13)16;1-10(2)5-7(6-11)15-9(14)4-3-8(12)13;1-6(2)3-5(8)4-7;5-3-1-2-4(6)7-3/h4-10,15,21H,11-14,16-17H2,1-3H3,(H,26,27);2-8,11,16H,9-10H2,1H3;7,11H,3-6H2,1-2H3,(H,12,13);5,7-8H,3-4H2,1-2H3;1-2H2/p+1/t21-;;7-;5-;/m0.00./s1. The summed E-state index contributed by atoms with van der Waals surface area (Å²) >= 11 is 0. The first-order valence-corrected chi connectivity index (χ1v) is 25.2. The lowest BCUT2D eigenvalue weighted by atomic mass is 10.0. The Morgan fingerprint density at radius 1 is 0.577 bits per heavy atom. The molecule has 1 fully saturated rings. The lowest BCUT2D eigenvalue weighted by molar-refractivity contribution is -0.154. The van der Waals surface area contributed by atoms with Crippen molar-refractivity contribution in [2.75, 3.05) is 96.0 Å². The first-order chi connectivity index (χ1) is 37.1. The number of para-hydroxylation sites is 2. The van der Waals surface area contributed by atoms with Gasteiger partial charge >= 0.3 is 37.2 Å². The molecule has 4 aromatic carbocycles. The number of likely N-dealkylation sites (N-methyl/N-ethyl adjacent to an activating group) is 3. The smallest absolute Gasteiger partial charge is 0.508 e. The molecule has 3 atom stereocenters. The van der Waals surface area contributed by atoms with Crippen molar-refractivity contribution in [1.82, 2.24) is 14.7 Å². The topological polar surface area (TPSA) is 289 Å². The molecule has 78 heavy (non-hydrogen) atoms. The third-order valence-corrected chi connectivity index (χ3v) is 10.6. The highest BCUT2D eigenvalue weighted by molar-refractivity contribution is 5.92. The van der Waals surface area contributed by atoms with Gasteiger partial charge in [-0.1, -0.05) is 60.7 Å². The average Bonchev–Trinajstić information content (AvgIpc) is 3.79. The van der Waals surface area contributed by atoms with Crippen molar-refractivity contribution >= 4 is 35.8 Å². The molecule has 0 radical (unpaired) electrons. The van der Waals surface area contributed by atoms with Crippen LogP contribution >= 0.6 is 0 Å². The number of phenols is 1. The molecular formula is C57H82N3O18+. The summed E-state index contributed by atoms with van der Waals surface area (Å²) in [5.74, 6) is -1.18. The van der Waals surface area contributed by atoms with E-state index in [1.54, 1.807) is 39.3 Å². The van der Waals surface area contributed by atoms with Crippen molar-refractivity contribution in [2.45, 2.75) is 82.5 Å². The van der Waals surface area contributed by atoms with Crippen LogP contribution in [0.4, 0.5) is 0 Å². The minimum atomic E-state index is -1.04. The van der Waals surface area contributed by atoms with Gasteiger partial charge in [-0.3, -0.25) is 28.8 Å². The number of cyclic esters (lactones) is 2. The summed E-state index contributed by atoms with van der Waals surface area (Å²) in [5, 5.41) is 52.7. The zero-order valence-corrected chi connectivity index (χ0v) is 46.2. The summed E-state index contributed by atoms with van der Waals surface area (Å²) in [6.07, 6.45) is 1.37. The molecule has 0 aromatic heterocycles. The third kappa shape index (κ3) is 33.8. The van der Waals surface area contributed by atoms with E-state index in [2.05, 4.69) is 16.9 Å². The fourth-order valence-corrected chi connectivity index (χ4v) is 6.86. The van der Waals surface area contributed by atoms with Crippen LogP contribution in [0, 0.1) is 0 Å². The van der Waals surface area contributed by atoms with E-state index in [9.17, 15) is 33.9 Å². The molecule has 21 nitrogen and oxygen atoms in total. The number of hydrogen-bond acceptors (Lipinski definition) is 19. The van der Waals surface area contributed by atoms with E-state index >= 15 is 0 Å². The third-order valence-electron chi connectivity index (χ3n) is 10.6. The molecule has 0 spiro atoms. The minimum absolute atomic E-state index is 0. The zero-order valence-electron chi connectivity index (χ0n) is 47.2. The number of esters is 4. The van der Waals surface area contributed by atoms with Crippen LogP contribution in [0.15, 0.2) is 97.1 Å². The minimum Gasteiger partial charge on any atom is -0.508 e. The summed E-state index contributed by atoms with van der Waals surface area (Å²) < 4.78 is 30.9. The van der Waals surface area contributed by atoms with E-state index in [1.165, 1.54) is 11.1 Å². The predicted octanol–water partition coefficient (Wildman–Crippen LogP) is 4.56. The van der Waals surface area contributed by atoms with E-state index in [1.807, 2.05) is 117 Å². The molecule has 0 saturated carbocycles. The van der Waals surface area contributed by atoms with Gasteiger partial charge in [-0.15, -0.1) is 0 Å². The summed E-state index contributed by atoms with van der Waals surface area (Å²) in [4.78, 5) is 69.4. The van der Waals surface area contributed by atoms with Crippen molar-refractivity contribution in [1.29, 1.82) is 0 Å². The number of benzene rings is 4. The molecule has 1 saturated heterocycles. The van der Waals surface area contributed by atoms with E-state index in [-0.39, 0.29) is 59.8 Å². The SMILES string of the molecule is CN(C)C[C@@H](CO)OC(=O)CCC(=O)O.CN(C)C[C@H](O)CO.COc1cccc(CCc2ccccc2O)c1.COc1cccc(CCc2ccccc2OC[C@H](CN(C)C)OC(=O)CCC(=O)O)c1.O=C1CCC(=O)O1.[H+]. The summed E-state index contributed by atoms with van der Waals surface area (Å²) in [6, 6.07) is 31.3. The number of nitrogens with zero attached hydrogens (tertiary/aromatic N) is 3. The number of hydrogen-bond donors (Lipinski definition) is 6. The summed E-state index contributed by atoms with van der Waals surface area (Å²) in [6.45, 7) is 1.18. The van der Waals surface area contributed by atoms with Crippen molar-refractivity contribution in [3.8, 4) is 23.0 Å². The molecule has 1 heterocycles. The molecule has 6 N–H and O–H groups in total. The maximum atomic E-state index is 12.0. The van der Waals surface area contributed by atoms with Crippen LogP contribution in [0.3, 0.4) is 0 Å². The van der Waals surface area contributed by atoms with Gasteiger partial charge in [0.15, 0.2) is 0 Å². The number of aromatic hydroxyl groups is 1. The Morgan fingerprint density at radius 2 is 1.03 bits per heavy atom. The first-order valence-electron chi connectivity index (χ1n) is 25.2. The monoisotopic (exact) mass is 1100 g/mol. The number of aliphatic hydroxyl groups is 3. The van der Waals surface area contributed by atoms with Gasteiger partial charge in [-0.05, 0) is 127 Å².